The molecule has 0 spiro atoms. The number of aromatic nitrogens is 1. The van der Waals surface area contributed by atoms with Gasteiger partial charge in [0.15, 0.2) is 0 Å². The van der Waals surface area contributed by atoms with E-state index in [4.69, 9.17) is 14.5 Å². The van der Waals surface area contributed by atoms with Crippen molar-refractivity contribution in [3.63, 3.8) is 0 Å². The Morgan fingerprint density at radius 3 is 2.60 bits per heavy atom. The molecule has 2 aromatic rings. The van der Waals surface area contributed by atoms with Gasteiger partial charge in [0.2, 0.25) is 0 Å². The van der Waals surface area contributed by atoms with Gasteiger partial charge in [-0.05, 0) is 63.5 Å². The highest BCUT2D eigenvalue weighted by Crippen LogP contribution is 2.37. The molecule has 1 aromatic heterocycles. The van der Waals surface area contributed by atoms with Crippen LogP contribution in [0.25, 0.3) is 10.6 Å². The lowest BCUT2D eigenvalue weighted by Gasteiger charge is -2.44. The molecule has 1 aromatic carbocycles. The molecule has 5 rings (SSSR count). The van der Waals surface area contributed by atoms with E-state index < -0.39 is 0 Å². The van der Waals surface area contributed by atoms with Crippen LogP contribution in [0.2, 0.25) is 0 Å². The molecule has 2 heterocycles. The maximum atomic E-state index is 12.0. The molecule has 5 nitrogen and oxygen atoms in total. The summed E-state index contributed by atoms with van der Waals surface area (Å²) in [7, 11) is 0. The first-order chi connectivity index (χ1) is 14.7. The Bertz CT molecular complexity index is 859. The zero-order chi connectivity index (χ0) is 20.5. The van der Waals surface area contributed by atoms with E-state index in [1.807, 2.05) is 6.92 Å². The van der Waals surface area contributed by atoms with Crippen LogP contribution in [0, 0.1) is 5.92 Å². The molecule has 1 saturated heterocycles. The van der Waals surface area contributed by atoms with Crippen molar-refractivity contribution in [1.29, 1.82) is 0 Å². The largest absolute Gasteiger partial charge is 0.490 e. The third-order valence-electron chi connectivity index (χ3n) is 6.65. The second-order valence-electron chi connectivity index (χ2n) is 8.73. The van der Waals surface area contributed by atoms with Crippen LogP contribution >= 0.6 is 11.3 Å². The van der Waals surface area contributed by atoms with E-state index in [9.17, 15) is 4.79 Å². The average molecular weight is 427 g/mol. The summed E-state index contributed by atoms with van der Waals surface area (Å²) in [5.74, 6) is 0.802. The number of thiazole rings is 1. The summed E-state index contributed by atoms with van der Waals surface area (Å²) >= 11 is 1.70. The van der Waals surface area contributed by atoms with Crippen LogP contribution in [0.3, 0.4) is 0 Å². The van der Waals surface area contributed by atoms with Crippen molar-refractivity contribution < 1.29 is 14.3 Å². The maximum absolute atomic E-state index is 12.0. The molecular weight excluding hydrogens is 396 g/mol. The molecule has 0 bridgehead atoms. The van der Waals surface area contributed by atoms with Gasteiger partial charge in [-0.25, -0.2) is 4.98 Å². The minimum Gasteiger partial charge on any atom is -0.490 e. The van der Waals surface area contributed by atoms with E-state index in [-0.39, 0.29) is 11.9 Å². The molecule has 2 aliphatic carbocycles. The Labute approximate surface area is 182 Å². The van der Waals surface area contributed by atoms with E-state index in [2.05, 4.69) is 29.2 Å². The van der Waals surface area contributed by atoms with Crippen LogP contribution in [-0.4, -0.2) is 47.7 Å². The van der Waals surface area contributed by atoms with Crippen LogP contribution in [0.15, 0.2) is 24.3 Å². The van der Waals surface area contributed by atoms with Crippen molar-refractivity contribution in [2.45, 2.75) is 64.0 Å². The number of piperidine rings is 1. The minimum atomic E-state index is -0.0933. The fourth-order valence-corrected chi connectivity index (χ4v) is 6.04. The van der Waals surface area contributed by atoms with Gasteiger partial charge in [-0.2, -0.15) is 0 Å². The molecule has 0 radical (unpaired) electrons. The molecule has 0 N–H and O–H groups in total. The predicted octanol–water partition coefficient (Wildman–Crippen LogP) is 4.48. The van der Waals surface area contributed by atoms with Gasteiger partial charge in [-0.15, -0.1) is 11.3 Å². The lowest BCUT2D eigenvalue weighted by atomic mass is 9.86. The summed E-state index contributed by atoms with van der Waals surface area (Å²) in [5, 5.41) is 1.03. The molecule has 30 heavy (non-hydrogen) atoms. The highest BCUT2D eigenvalue weighted by Gasteiger charge is 2.35. The third-order valence-corrected chi connectivity index (χ3v) is 7.82. The summed E-state index contributed by atoms with van der Waals surface area (Å²) in [6, 6.07) is 9.07. The standard InChI is InChI=1S/C24H30N2O3S/c1-2-28-24(27)17-12-21-22(13-17)30-23(25-21)16-6-8-19(9-7-16)29-20-14-18(15-20)26-10-4-3-5-11-26/h6-9,17-18,20H,2-5,10-15H2,1H3. The number of fused-ring (bicyclic) bond motifs is 1. The summed E-state index contributed by atoms with van der Waals surface area (Å²) in [4.78, 5) is 20.6. The van der Waals surface area contributed by atoms with E-state index >= 15 is 0 Å². The van der Waals surface area contributed by atoms with Gasteiger partial charge in [0.1, 0.15) is 16.9 Å². The number of carbonyl (C=O) groups is 1. The number of esters is 1. The Hall–Kier alpha value is -1.92. The number of hydrogen-bond donors (Lipinski definition) is 0. The Kier molecular flexibility index (Phi) is 5.79. The van der Waals surface area contributed by atoms with E-state index in [0.717, 1.165) is 47.3 Å². The number of rotatable bonds is 6. The number of nitrogens with zero attached hydrogens (tertiary/aromatic N) is 2. The summed E-state index contributed by atoms with van der Waals surface area (Å²) in [6.45, 7) is 4.83. The van der Waals surface area contributed by atoms with Crippen LogP contribution in [0.5, 0.6) is 5.75 Å². The van der Waals surface area contributed by atoms with Crippen molar-refractivity contribution in [3.8, 4) is 16.3 Å². The van der Waals surface area contributed by atoms with Crippen molar-refractivity contribution in [3.05, 3.63) is 34.8 Å². The highest BCUT2D eigenvalue weighted by molar-refractivity contribution is 7.15. The second kappa shape index (κ2) is 8.67. The topological polar surface area (TPSA) is 51.7 Å². The van der Waals surface area contributed by atoms with Crippen LogP contribution in [-0.2, 0) is 22.4 Å². The molecule has 1 unspecified atom stereocenters. The molecule has 0 amide bonds. The normalized spacial score (nSPS) is 26.1. The monoisotopic (exact) mass is 426 g/mol. The molecule has 1 atom stereocenters. The fraction of sp³-hybridized carbons (Fsp3) is 0.583. The number of hydrogen-bond acceptors (Lipinski definition) is 6. The fourth-order valence-electron chi connectivity index (χ4n) is 4.87. The van der Waals surface area contributed by atoms with Crippen LogP contribution in [0.1, 0.15) is 49.6 Å². The minimum absolute atomic E-state index is 0.0558. The van der Waals surface area contributed by atoms with Crippen LogP contribution < -0.4 is 4.74 Å². The molecule has 2 fully saturated rings. The zero-order valence-electron chi connectivity index (χ0n) is 17.6. The Morgan fingerprint density at radius 2 is 1.90 bits per heavy atom. The summed E-state index contributed by atoms with van der Waals surface area (Å²) in [5.41, 5.74) is 2.18. The molecular formula is C24H30N2O3S. The first-order valence-corrected chi connectivity index (χ1v) is 12.2. The van der Waals surface area contributed by atoms with E-state index in [0.29, 0.717) is 19.1 Å². The number of ether oxygens (including phenoxy) is 2. The lowest BCUT2D eigenvalue weighted by molar-refractivity contribution is -0.147. The number of benzene rings is 1. The molecule has 6 heteroatoms. The van der Waals surface area contributed by atoms with Gasteiger partial charge >= 0.3 is 5.97 Å². The quantitative estimate of drug-likeness (QED) is 0.638. The average Bonchev–Trinajstić information content (AvgIpc) is 3.31. The maximum Gasteiger partial charge on any atom is 0.309 e. The number of likely N-dealkylation sites (tertiary alicyclic amines) is 1. The SMILES string of the molecule is CCOC(=O)C1Cc2nc(-c3ccc(OC4CC(N5CCCCC5)C4)cc3)sc2C1. The van der Waals surface area contributed by atoms with Gasteiger partial charge in [0.25, 0.3) is 0 Å². The van der Waals surface area contributed by atoms with Crippen LogP contribution in [0.4, 0.5) is 0 Å². The smallest absolute Gasteiger partial charge is 0.309 e. The first kappa shape index (κ1) is 20.0. The van der Waals surface area contributed by atoms with Gasteiger partial charge in [-0.1, -0.05) is 6.42 Å². The summed E-state index contributed by atoms with van der Waals surface area (Å²) in [6.07, 6.45) is 8.22. The van der Waals surface area contributed by atoms with E-state index in [1.165, 1.54) is 37.2 Å². The van der Waals surface area contributed by atoms with Crippen molar-refractivity contribution in [2.75, 3.05) is 19.7 Å². The first-order valence-electron chi connectivity index (χ1n) is 11.4. The van der Waals surface area contributed by atoms with Gasteiger partial charge in [0.05, 0.1) is 18.2 Å². The Morgan fingerprint density at radius 1 is 1.13 bits per heavy atom. The third kappa shape index (κ3) is 4.12. The van der Waals surface area contributed by atoms with E-state index in [1.54, 1.807) is 11.3 Å². The predicted molar refractivity (Wildman–Crippen MR) is 118 cm³/mol. The van der Waals surface area contributed by atoms with Crippen molar-refractivity contribution >= 4 is 17.3 Å². The van der Waals surface area contributed by atoms with Gasteiger partial charge < -0.3 is 14.4 Å². The van der Waals surface area contributed by atoms with Crippen molar-refractivity contribution in [1.82, 2.24) is 9.88 Å². The zero-order valence-corrected chi connectivity index (χ0v) is 18.5. The highest BCUT2D eigenvalue weighted by atomic mass is 32.1. The molecule has 160 valence electrons. The van der Waals surface area contributed by atoms with Crippen molar-refractivity contribution in [2.24, 2.45) is 5.92 Å². The lowest BCUT2D eigenvalue weighted by Crippen LogP contribution is -2.50. The summed E-state index contributed by atoms with van der Waals surface area (Å²) < 4.78 is 11.4. The van der Waals surface area contributed by atoms with Gasteiger partial charge in [0, 0.05) is 35.7 Å². The molecule has 1 aliphatic heterocycles. The molecule has 1 saturated carbocycles. The second-order valence-corrected chi connectivity index (χ2v) is 9.82. The number of carbonyl (C=O) groups excluding carboxylic acids is 1. The Balaban J connectivity index is 1.14. The van der Waals surface area contributed by atoms with Gasteiger partial charge in [-0.3, -0.25) is 4.79 Å². The molecule has 3 aliphatic rings.